The molecule has 4 heteroatoms. The maximum Gasteiger partial charge on any atom is 0.0511 e. The molecule has 0 aliphatic heterocycles. The van der Waals surface area contributed by atoms with Gasteiger partial charge in [-0.3, -0.25) is 11.3 Å². The fourth-order valence-corrected chi connectivity index (χ4v) is 3.15. The summed E-state index contributed by atoms with van der Waals surface area (Å²) < 4.78 is 0.970. The van der Waals surface area contributed by atoms with Gasteiger partial charge in [0.05, 0.1) is 6.04 Å². The lowest BCUT2D eigenvalue weighted by molar-refractivity contribution is 0.550. The lowest BCUT2D eigenvalue weighted by Gasteiger charge is -2.18. The average Bonchev–Trinajstić information content (AvgIpc) is 2.46. The van der Waals surface area contributed by atoms with Crippen LogP contribution < -0.4 is 11.3 Å². The van der Waals surface area contributed by atoms with Gasteiger partial charge in [-0.15, -0.1) is 0 Å². The lowest BCUT2D eigenvalue weighted by Crippen LogP contribution is -2.29. The highest BCUT2D eigenvalue weighted by Crippen LogP contribution is 2.28. The molecule has 3 N–H and O–H groups in total. The number of hydrogen-bond donors (Lipinski definition) is 2. The Morgan fingerprint density at radius 2 is 1.80 bits per heavy atom. The van der Waals surface area contributed by atoms with Crippen LogP contribution in [0.2, 0.25) is 5.02 Å². The van der Waals surface area contributed by atoms with Crippen molar-refractivity contribution in [2.24, 2.45) is 5.84 Å². The van der Waals surface area contributed by atoms with E-state index >= 15 is 0 Å². The zero-order valence-corrected chi connectivity index (χ0v) is 13.7. The molecule has 0 amide bonds. The van der Waals surface area contributed by atoms with E-state index in [0.717, 1.165) is 22.9 Å². The Bertz CT molecular complexity index is 569. The Labute approximate surface area is 133 Å². The minimum Gasteiger partial charge on any atom is -0.271 e. The Kier molecular flexibility index (Phi) is 5.61. The minimum atomic E-state index is 0.0501. The van der Waals surface area contributed by atoms with Crippen molar-refractivity contribution in [1.29, 1.82) is 0 Å². The number of rotatable bonds is 5. The van der Waals surface area contributed by atoms with E-state index in [1.54, 1.807) is 0 Å². The van der Waals surface area contributed by atoms with E-state index in [4.69, 9.17) is 17.4 Å². The third kappa shape index (κ3) is 3.83. The van der Waals surface area contributed by atoms with E-state index in [-0.39, 0.29) is 6.04 Å². The summed E-state index contributed by atoms with van der Waals surface area (Å²) in [5.74, 6) is 5.71. The summed E-state index contributed by atoms with van der Waals surface area (Å²) in [6, 6.07) is 14.5. The predicted molar refractivity (Wildman–Crippen MR) is 88.7 cm³/mol. The van der Waals surface area contributed by atoms with Crippen LogP contribution in [-0.4, -0.2) is 0 Å². The molecule has 0 aliphatic carbocycles. The summed E-state index contributed by atoms with van der Waals surface area (Å²) in [7, 11) is 0. The summed E-state index contributed by atoms with van der Waals surface area (Å²) in [4.78, 5) is 0. The first kappa shape index (κ1) is 15.5. The molecule has 2 rings (SSSR count). The van der Waals surface area contributed by atoms with Gasteiger partial charge in [-0.05, 0) is 41.7 Å². The first-order valence-electron chi connectivity index (χ1n) is 6.63. The van der Waals surface area contributed by atoms with Gasteiger partial charge < -0.3 is 0 Å². The standard InChI is InChI=1S/C16H18BrClN2/c1-2-11-3-5-12(6-4-11)9-16(20-19)14-8-7-13(18)10-15(14)17/h3-8,10,16,20H,2,9,19H2,1H3. The van der Waals surface area contributed by atoms with Crippen molar-refractivity contribution < 1.29 is 0 Å². The van der Waals surface area contributed by atoms with Crippen LogP contribution in [0.5, 0.6) is 0 Å². The number of nitrogens with two attached hydrogens (primary N) is 1. The average molecular weight is 354 g/mol. The third-order valence-electron chi connectivity index (χ3n) is 3.41. The number of benzene rings is 2. The molecule has 1 unspecified atom stereocenters. The van der Waals surface area contributed by atoms with Crippen LogP contribution in [0.3, 0.4) is 0 Å². The van der Waals surface area contributed by atoms with Crippen LogP contribution in [0.4, 0.5) is 0 Å². The molecule has 2 aromatic rings. The molecule has 0 saturated carbocycles. The number of halogens is 2. The number of aryl methyl sites for hydroxylation is 1. The van der Waals surface area contributed by atoms with Gasteiger partial charge in [0.15, 0.2) is 0 Å². The van der Waals surface area contributed by atoms with Crippen molar-refractivity contribution in [2.45, 2.75) is 25.8 Å². The largest absolute Gasteiger partial charge is 0.271 e. The molecule has 20 heavy (non-hydrogen) atoms. The lowest BCUT2D eigenvalue weighted by atomic mass is 9.98. The minimum absolute atomic E-state index is 0.0501. The Morgan fingerprint density at radius 1 is 1.15 bits per heavy atom. The highest BCUT2D eigenvalue weighted by atomic mass is 79.9. The van der Waals surface area contributed by atoms with Crippen molar-refractivity contribution in [3.8, 4) is 0 Å². The molecule has 1 atom stereocenters. The first-order chi connectivity index (χ1) is 9.63. The van der Waals surface area contributed by atoms with Crippen LogP contribution in [0.1, 0.15) is 29.7 Å². The number of hydrogen-bond acceptors (Lipinski definition) is 2. The summed E-state index contributed by atoms with van der Waals surface area (Å²) in [6.45, 7) is 2.16. The summed E-state index contributed by atoms with van der Waals surface area (Å²) in [6.07, 6.45) is 1.89. The second-order valence-electron chi connectivity index (χ2n) is 4.76. The Hall–Kier alpha value is -0.870. The molecular formula is C16H18BrClN2. The quantitative estimate of drug-likeness (QED) is 0.617. The van der Waals surface area contributed by atoms with Gasteiger partial charge in [-0.25, -0.2) is 0 Å². The maximum atomic E-state index is 5.98. The molecule has 2 aromatic carbocycles. The van der Waals surface area contributed by atoms with Gasteiger partial charge >= 0.3 is 0 Å². The van der Waals surface area contributed by atoms with Gasteiger partial charge in [0.2, 0.25) is 0 Å². The molecule has 0 saturated heterocycles. The van der Waals surface area contributed by atoms with Crippen LogP contribution >= 0.6 is 27.5 Å². The number of nitrogens with one attached hydrogen (secondary N) is 1. The van der Waals surface area contributed by atoms with Crippen molar-refractivity contribution in [2.75, 3.05) is 0 Å². The molecule has 0 spiro atoms. The van der Waals surface area contributed by atoms with Gasteiger partial charge in [-0.2, -0.15) is 0 Å². The zero-order chi connectivity index (χ0) is 14.5. The third-order valence-corrected chi connectivity index (χ3v) is 4.33. The fourth-order valence-electron chi connectivity index (χ4n) is 2.19. The highest BCUT2D eigenvalue weighted by Gasteiger charge is 2.14. The van der Waals surface area contributed by atoms with E-state index in [2.05, 4.69) is 52.5 Å². The second kappa shape index (κ2) is 7.23. The Balaban J connectivity index is 2.19. The molecule has 0 aromatic heterocycles. The fraction of sp³-hybridized carbons (Fsp3) is 0.250. The SMILES string of the molecule is CCc1ccc(CC(NN)c2ccc(Cl)cc2Br)cc1. The molecule has 0 aliphatic rings. The smallest absolute Gasteiger partial charge is 0.0511 e. The molecule has 0 heterocycles. The molecule has 0 radical (unpaired) electrons. The van der Waals surface area contributed by atoms with E-state index in [9.17, 15) is 0 Å². The molecule has 0 bridgehead atoms. The van der Waals surface area contributed by atoms with Crippen molar-refractivity contribution in [1.82, 2.24) is 5.43 Å². The van der Waals surface area contributed by atoms with Gasteiger partial charge in [-0.1, -0.05) is 64.8 Å². The number of hydrazine groups is 1. The normalized spacial score (nSPS) is 12.4. The van der Waals surface area contributed by atoms with Gasteiger partial charge in [0.25, 0.3) is 0 Å². The summed E-state index contributed by atoms with van der Waals surface area (Å²) in [5.41, 5.74) is 6.59. The van der Waals surface area contributed by atoms with Crippen molar-refractivity contribution in [3.05, 3.63) is 68.7 Å². The topological polar surface area (TPSA) is 38.0 Å². The molecular weight excluding hydrogens is 336 g/mol. The van der Waals surface area contributed by atoms with Crippen LogP contribution in [0, 0.1) is 0 Å². The first-order valence-corrected chi connectivity index (χ1v) is 7.80. The molecule has 106 valence electrons. The monoisotopic (exact) mass is 352 g/mol. The van der Waals surface area contributed by atoms with E-state index in [1.165, 1.54) is 11.1 Å². The summed E-state index contributed by atoms with van der Waals surface area (Å²) >= 11 is 9.52. The summed E-state index contributed by atoms with van der Waals surface area (Å²) in [5, 5.41) is 0.712. The van der Waals surface area contributed by atoms with E-state index in [0.29, 0.717) is 5.02 Å². The maximum absolute atomic E-state index is 5.98. The van der Waals surface area contributed by atoms with E-state index < -0.39 is 0 Å². The molecule has 2 nitrogen and oxygen atoms in total. The van der Waals surface area contributed by atoms with Crippen LogP contribution in [0.25, 0.3) is 0 Å². The van der Waals surface area contributed by atoms with Gasteiger partial charge in [0, 0.05) is 9.50 Å². The van der Waals surface area contributed by atoms with Gasteiger partial charge in [0.1, 0.15) is 0 Å². The zero-order valence-electron chi connectivity index (χ0n) is 11.4. The van der Waals surface area contributed by atoms with E-state index in [1.807, 2.05) is 18.2 Å². The van der Waals surface area contributed by atoms with Crippen LogP contribution in [0.15, 0.2) is 46.9 Å². The van der Waals surface area contributed by atoms with Crippen LogP contribution in [-0.2, 0) is 12.8 Å². The highest BCUT2D eigenvalue weighted by molar-refractivity contribution is 9.10. The molecule has 0 fully saturated rings. The second-order valence-corrected chi connectivity index (χ2v) is 6.05. The predicted octanol–water partition coefficient (Wildman–Crippen LogP) is 4.41. The Morgan fingerprint density at radius 3 is 2.35 bits per heavy atom. The van der Waals surface area contributed by atoms with Crippen molar-refractivity contribution >= 4 is 27.5 Å². The van der Waals surface area contributed by atoms with Crippen molar-refractivity contribution in [3.63, 3.8) is 0 Å².